The highest BCUT2D eigenvalue weighted by Crippen LogP contribution is 2.11. The molecule has 2 aromatic rings. The molecule has 0 fully saturated rings. The fourth-order valence-corrected chi connectivity index (χ4v) is 1.63. The van der Waals surface area contributed by atoms with Crippen LogP contribution in [-0.4, -0.2) is 18.5 Å². The normalized spacial score (nSPS) is 10.1. The van der Waals surface area contributed by atoms with Crippen molar-refractivity contribution in [2.75, 3.05) is 7.11 Å². The third-order valence-corrected chi connectivity index (χ3v) is 2.64. The highest BCUT2D eigenvalue weighted by molar-refractivity contribution is 5.83. The van der Waals surface area contributed by atoms with Crippen LogP contribution in [0, 0.1) is 17.7 Å². The summed E-state index contributed by atoms with van der Waals surface area (Å²) in [4.78, 5) is 0. The second-order valence-electron chi connectivity index (χ2n) is 3.95. The molecule has 0 bridgehead atoms. The smallest absolute Gasteiger partial charge is 0.123 e. The molecule has 3 nitrogen and oxygen atoms in total. The van der Waals surface area contributed by atoms with Crippen LogP contribution >= 0.6 is 0 Å². The molecule has 0 aromatic heterocycles. The molecule has 0 aliphatic carbocycles. The summed E-state index contributed by atoms with van der Waals surface area (Å²) in [5.41, 5.74) is 1.82. The lowest BCUT2D eigenvalue weighted by Gasteiger charge is -1.99. The molecule has 0 aliphatic heterocycles. The van der Waals surface area contributed by atoms with Gasteiger partial charge in [0.1, 0.15) is 11.6 Å². The maximum Gasteiger partial charge on any atom is 0.123 e. The van der Waals surface area contributed by atoms with Gasteiger partial charge in [-0.1, -0.05) is 17.0 Å². The van der Waals surface area contributed by atoms with Crippen molar-refractivity contribution >= 4 is 6.21 Å². The number of methoxy groups -OCH3 is 1. The standard InChI is InChI=1S/C16H12FNO2/c1-20-16-8-3-12(4-9-16)2-5-13-6-7-15(17)10-14(13)11-18-19/h3-4,6-11,19H,1H3. The van der Waals surface area contributed by atoms with Gasteiger partial charge in [0.25, 0.3) is 0 Å². The first-order valence-corrected chi connectivity index (χ1v) is 5.86. The lowest BCUT2D eigenvalue weighted by molar-refractivity contribution is 0.322. The number of oxime groups is 1. The van der Waals surface area contributed by atoms with Crippen molar-refractivity contribution in [2.24, 2.45) is 5.16 Å². The van der Waals surface area contributed by atoms with Gasteiger partial charge in [-0.25, -0.2) is 4.39 Å². The summed E-state index contributed by atoms with van der Waals surface area (Å²) in [5.74, 6) is 6.23. The van der Waals surface area contributed by atoms with Gasteiger partial charge in [-0.15, -0.1) is 0 Å². The van der Waals surface area contributed by atoms with Gasteiger partial charge < -0.3 is 9.94 Å². The predicted molar refractivity (Wildman–Crippen MR) is 74.8 cm³/mol. The van der Waals surface area contributed by atoms with E-state index in [1.807, 2.05) is 24.3 Å². The molecular weight excluding hydrogens is 257 g/mol. The Bertz CT molecular complexity index is 682. The third-order valence-electron chi connectivity index (χ3n) is 2.64. The van der Waals surface area contributed by atoms with Crippen LogP contribution in [0.5, 0.6) is 5.75 Å². The first-order valence-electron chi connectivity index (χ1n) is 5.86. The third kappa shape index (κ3) is 3.36. The fourth-order valence-electron chi connectivity index (χ4n) is 1.63. The fraction of sp³-hybridized carbons (Fsp3) is 0.0625. The van der Waals surface area contributed by atoms with Gasteiger partial charge in [0.15, 0.2) is 0 Å². The molecule has 100 valence electrons. The first kappa shape index (κ1) is 13.6. The van der Waals surface area contributed by atoms with Crippen LogP contribution in [0.1, 0.15) is 16.7 Å². The van der Waals surface area contributed by atoms with E-state index < -0.39 is 5.82 Å². The van der Waals surface area contributed by atoms with Crippen molar-refractivity contribution in [3.8, 4) is 17.6 Å². The van der Waals surface area contributed by atoms with Gasteiger partial charge in [0, 0.05) is 16.7 Å². The van der Waals surface area contributed by atoms with Gasteiger partial charge in [0.05, 0.1) is 13.3 Å². The van der Waals surface area contributed by atoms with E-state index in [9.17, 15) is 4.39 Å². The second kappa shape index (κ2) is 6.39. The summed E-state index contributed by atoms with van der Waals surface area (Å²) in [6.07, 6.45) is 1.15. The Morgan fingerprint density at radius 2 is 1.90 bits per heavy atom. The van der Waals surface area contributed by atoms with Crippen LogP contribution in [-0.2, 0) is 0 Å². The summed E-state index contributed by atoms with van der Waals surface area (Å²) in [7, 11) is 1.60. The Morgan fingerprint density at radius 3 is 2.55 bits per heavy atom. The minimum Gasteiger partial charge on any atom is -0.497 e. The van der Waals surface area contributed by atoms with Gasteiger partial charge in [-0.3, -0.25) is 0 Å². The Labute approximate surface area is 116 Å². The average molecular weight is 269 g/mol. The van der Waals surface area contributed by atoms with Gasteiger partial charge in [-0.05, 0) is 42.5 Å². The van der Waals surface area contributed by atoms with Gasteiger partial charge in [-0.2, -0.15) is 0 Å². The SMILES string of the molecule is COc1ccc(C#Cc2ccc(F)cc2C=NO)cc1. The molecular formula is C16H12FNO2. The maximum absolute atomic E-state index is 13.1. The summed E-state index contributed by atoms with van der Waals surface area (Å²) in [6.45, 7) is 0. The molecule has 20 heavy (non-hydrogen) atoms. The number of halogens is 1. The first-order chi connectivity index (χ1) is 9.72. The van der Waals surface area contributed by atoms with E-state index >= 15 is 0 Å². The number of hydrogen-bond donors (Lipinski definition) is 1. The molecule has 0 saturated carbocycles. The van der Waals surface area contributed by atoms with Crippen LogP contribution in [0.3, 0.4) is 0 Å². The monoisotopic (exact) mass is 269 g/mol. The number of hydrogen-bond acceptors (Lipinski definition) is 3. The molecule has 0 aliphatic rings. The van der Waals surface area contributed by atoms with Crippen LogP contribution in [0.4, 0.5) is 4.39 Å². The molecule has 0 radical (unpaired) electrons. The molecule has 0 saturated heterocycles. The van der Waals surface area contributed by atoms with Gasteiger partial charge in [0.2, 0.25) is 0 Å². The van der Waals surface area contributed by atoms with Crippen molar-refractivity contribution in [1.29, 1.82) is 0 Å². The van der Waals surface area contributed by atoms with Crippen molar-refractivity contribution in [3.05, 3.63) is 65.0 Å². The maximum atomic E-state index is 13.1. The second-order valence-corrected chi connectivity index (χ2v) is 3.95. The number of ether oxygens (including phenoxy) is 1. The Balaban J connectivity index is 2.32. The van der Waals surface area contributed by atoms with Crippen LogP contribution in [0.25, 0.3) is 0 Å². The number of nitrogens with zero attached hydrogens (tertiary/aromatic N) is 1. The Morgan fingerprint density at radius 1 is 1.15 bits per heavy atom. The zero-order valence-electron chi connectivity index (χ0n) is 10.8. The lowest BCUT2D eigenvalue weighted by Crippen LogP contribution is -1.90. The number of rotatable bonds is 2. The average Bonchev–Trinajstić information content (AvgIpc) is 2.47. The van der Waals surface area contributed by atoms with Crippen LogP contribution in [0.2, 0.25) is 0 Å². The largest absolute Gasteiger partial charge is 0.497 e. The molecule has 0 unspecified atom stereocenters. The minimum absolute atomic E-state index is 0.408. The lowest BCUT2D eigenvalue weighted by atomic mass is 10.1. The Hall–Kier alpha value is -2.80. The van der Waals surface area contributed by atoms with Crippen LogP contribution < -0.4 is 4.74 Å². The van der Waals surface area contributed by atoms with Crippen LogP contribution in [0.15, 0.2) is 47.6 Å². The zero-order valence-corrected chi connectivity index (χ0v) is 10.8. The van der Waals surface area contributed by atoms with E-state index in [-0.39, 0.29) is 0 Å². The molecule has 0 spiro atoms. The summed E-state index contributed by atoms with van der Waals surface area (Å²) in [5, 5.41) is 11.5. The topological polar surface area (TPSA) is 41.8 Å². The zero-order chi connectivity index (χ0) is 14.4. The molecule has 2 rings (SSSR count). The molecule has 0 atom stereocenters. The number of benzene rings is 2. The highest BCUT2D eigenvalue weighted by Gasteiger charge is 2.00. The van der Waals surface area contributed by atoms with E-state index in [2.05, 4.69) is 17.0 Å². The van der Waals surface area contributed by atoms with Crippen molar-refractivity contribution in [3.63, 3.8) is 0 Å². The summed E-state index contributed by atoms with van der Waals surface area (Å²) in [6, 6.07) is 11.4. The molecule has 0 heterocycles. The quantitative estimate of drug-likeness (QED) is 0.394. The highest BCUT2D eigenvalue weighted by atomic mass is 19.1. The molecule has 0 amide bonds. The van der Waals surface area contributed by atoms with E-state index in [0.717, 1.165) is 17.5 Å². The summed E-state index contributed by atoms with van der Waals surface area (Å²) >= 11 is 0. The van der Waals surface area contributed by atoms with Gasteiger partial charge >= 0.3 is 0 Å². The minimum atomic E-state index is -0.408. The van der Waals surface area contributed by atoms with E-state index in [0.29, 0.717) is 11.1 Å². The molecule has 4 heteroatoms. The summed E-state index contributed by atoms with van der Waals surface area (Å²) < 4.78 is 18.2. The van der Waals surface area contributed by atoms with Crippen molar-refractivity contribution in [1.82, 2.24) is 0 Å². The predicted octanol–water partition coefficient (Wildman–Crippen LogP) is 3.04. The molecule has 2 aromatic carbocycles. The van der Waals surface area contributed by atoms with Crippen molar-refractivity contribution in [2.45, 2.75) is 0 Å². The van der Waals surface area contributed by atoms with E-state index in [1.54, 1.807) is 13.2 Å². The van der Waals surface area contributed by atoms with Crippen molar-refractivity contribution < 1.29 is 14.3 Å². The Kier molecular flexibility index (Phi) is 4.35. The van der Waals surface area contributed by atoms with E-state index in [1.165, 1.54) is 12.1 Å². The molecule has 1 N–H and O–H groups in total. The van der Waals surface area contributed by atoms with E-state index in [4.69, 9.17) is 9.94 Å².